The fourth-order valence-electron chi connectivity index (χ4n) is 4.62. The molecule has 10 heteroatoms. The topological polar surface area (TPSA) is 41.1 Å². The van der Waals surface area contributed by atoms with Gasteiger partial charge in [0.15, 0.2) is 0 Å². The Hall–Kier alpha value is -2.62. The highest BCUT2D eigenvalue weighted by atomic mass is 19.4. The smallest absolute Gasteiger partial charge is 0.352 e. The minimum absolute atomic E-state index is 0.0593. The maximum Gasteiger partial charge on any atom is 0.416 e. The van der Waals surface area contributed by atoms with Crippen LogP contribution in [0.25, 0.3) is 0 Å². The largest absolute Gasteiger partial charge is 0.416 e. The van der Waals surface area contributed by atoms with E-state index in [0.29, 0.717) is 37.0 Å². The molecule has 0 spiro atoms. The summed E-state index contributed by atoms with van der Waals surface area (Å²) in [5, 5.41) is 5.82. The molecule has 2 atom stereocenters. The number of alkyl halides is 6. The van der Waals surface area contributed by atoms with E-state index in [0.717, 1.165) is 0 Å². The molecule has 1 fully saturated rings. The molecule has 0 aromatic heterocycles. The number of amides is 1. The van der Waals surface area contributed by atoms with Gasteiger partial charge in [-0.05, 0) is 55.0 Å². The van der Waals surface area contributed by atoms with Gasteiger partial charge in [0.1, 0.15) is 5.82 Å². The zero-order valence-electron chi connectivity index (χ0n) is 19.3. The normalized spacial score (nSPS) is 20.9. The van der Waals surface area contributed by atoms with Crippen molar-refractivity contribution in [3.05, 3.63) is 70.5 Å². The van der Waals surface area contributed by atoms with E-state index >= 15 is 0 Å². The van der Waals surface area contributed by atoms with Crippen molar-refractivity contribution in [1.82, 2.24) is 10.6 Å². The Morgan fingerprint density at radius 2 is 1.60 bits per heavy atom. The zero-order chi connectivity index (χ0) is 26.0. The SMILES string of the molecule is CC(C)[C@]1(C(=O)NCc2cc(C(F)(F)F)cc(C(F)(F)F)c2)CC[C@@H](NCc2ccccc2F)C1. The van der Waals surface area contributed by atoms with Crippen LogP contribution in [0.3, 0.4) is 0 Å². The molecule has 0 bridgehead atoms. The highest BCUT2D eigenvalue weighted by Gasteiger charge is 2.47. The molecule has 0 heterocycles. The van der Waals surface area contributed by atoms with Crippen molar-refractivity contribution in [3.63, 3.8) is 0 Å². The Balaban J connectivity index is 1.71. The van der Waals surface area contributed by atoms with Crippen LogP contribution in [0.2, 0.25) is 0 Å². The average Bonchev–Trinajstić information content (AvgIpc) is 3.21. The molecule has 0 unspecified atom stereocenters. The second-order valence-corrected chi connectivity index (χ2v) is 9.32. The first-order chi connectivity index (χ1) is 16.2. The zero-order valence-corrected chi connectivity index (χ0v) is 19.3. The Labute approximate surface area is 199 Å². The highest BCUT2D eigenvalue weighted by Crippen LogP contribution is 2.45. The van der Waals surface area contributed by atoms with Gasteiger partial charge in [0.2, 0.25) is 5.91 Å². The summed E-state index contributed by atoms with van der Waals surface area (Å²) in [5.41, 5.74) is -3.49. The first-order valence-corrected chi connectivity index (χ1v) is 11.3. The van der Waals surface area contributed by atoms with Gasteiger partial charge in [0.05, 0.1) is 16.5 Å². The van der Waals surface area contributed by atoms with Crippen LogP contribution in [0.1, 0.15) is 55.4 Å². The highest BCUT2D eigenvalue weighted by molar-refractivity contribution is 5.83. The van der Waals surface area contributed by atoms with Crippen molar-refractivity contribution in [2.24, 2.45) is 11.3 Å². The average molecular weight is 504 g/mol. The van der Waals surface area contributed by atoms with Crippen LogP contribution in [-0.2, 0) is 30.2 Å². The van der Waals surface area contributed by atoms with Gasteiger partial charge in [-0.3, -0.25) is 4.79 Å². The van der Waals surface area contributed by atoms with Gasteiger partial charge in [-0.25, -0.2) is 4.39 Å². The summed E-state index contributed by atoms with van der Waals surface area (Å²) >= 11 is 0. The van der Waals surface area contributed by atoms with Gasteiger partial charge in [0, 0.05) is 24.7 Å². The lowest BCUT2D eigenvalue weighted by molar-refractivity contribution is -0.143. The van der Waals surface area contributed by atoms with Crippen molar-refractivity contribution in [2.45, 2.75) is 64.6 Å². The molecule has 3 rings (SSSR count). The van der Waals surface area contributed by atoms with Gasteiger partial charge >= 0.3 is 12.4 Å². The molecule has 1 amide bonds. The van der Waals surface area contributed by atoms with E-state index in [1.165, 1.54) is 6.07 Å². The van der Waals surface area contributed by atoms with Crippen molar-refractivity contribution in [3.8, 4) is 0 Å². The van der Waals surface area contributed by atoms with E-state index in [4.69, 9.17) is 0 Å². The molecule has 192 valence electrons. The molecular weight excluding hydrogens is 477 g/mol. The third kappa shape index (κ3) is 6.34. The number of carbonyl (C=O) groups is 1. The van der Waals surface area contributed by atoms with E-state index in [1.807, 2.05) is 13.8 Å². The Morgan fingerprint density at radius 1 is 1.00 bits per heavy atom. The molecule has 2 N–H and O–H groups in total. The summed E-state index contributed by atoms with van der Waals surface area (Å²) in [6.45, 7) is 3.51. The van der Waals surface area contributed by atoms with Crippen molar-refractivity contribution in [2.75, 3.05) is 0 Å². The minimum Gasteiger partial charge on any atom is -0.352 e. The lowest BCUT2D eigenvalue weighted by Gasteiger charge is -2.32. The molecule has 3 nitrogen and oxygen atoms in total. The van der Waals surface area contributed by atoms with E-state index in [9.17, 15) is 35.5 Å². The van der Waals surface area contributed by atoms with Crippen LogP contribution in [-0.4, -0.2) is 11.9 Å². The fourth-order valence-corrected chi connectivity index (χ4v) is 4.62. The lowest BCUT2D eigenvalue weighted by atomic mass is 9.74. The minimum atomic E-state index is -4.96. The van der Waals surface area contributed by atoms with Crippen LogP contribution in [0, 0.1) is 17.2 Å². The second-order valence-electron chi connectivity index (χ2n) is 9.32. The first kappa shape index (κ1) is 27.0. The Morgan fingerprint density at radius 3 is 2.14 bits per heavy atom. The number of carbonyl (C=O) groups excluding carboxylic acids is 1. The van der Waals surface area contributed by atoms with Crippen molar-refractivity contribution in [1.29, 1.82) is 0 Å². The maximum atomic E-state index is 13.9. The van der Waals surface area contributed by atoms with Gasteiger partial charge in [0.25, 0.3) is 0 Å². The molecule has 1 aliphatic rings. The fraction of sp³-hybridized carbons (Fsp3) is 0.480. The quantitative estimate of drug-likeness (QED) is 0.425. The van der Waals surface area contributed by atoms with Crippen LogP contribution in [0.5, 0.6) is 0 Å². The number of benzene rings is 2. The van der Waals surface area contributed by atoms with E-state index in [2.05, 4.69) is 10.6 Å². The molecule has 1 aliphatic carbocycles. The van der Waals surface area contributed by atoms with Crippen LogP contribution in [0.15, 0.2) is 42.5 Å². The number of hydrogen-bond acceptors (Lipinski definition) is 2. The van der Waals surface area contributed by atoms with Gasteiger partial charge in [-0.2, -0.15) is 26.3 Å². The lowest BCUT2D eigenvalue weighted by Crippen LogP contribution is -2.44. The number of halogens is 7. The maximum absolute atomic E-state index is 13.9. The summed E-state index contributed by atoms with van der Waals surface area (Å²) in [6, 6.07) is 7.52. The van der Waals surface area contributed by atoms with Crippen LogP contribution in [0.4, 0.5) is 30.7 Å². The van der Waals surface area contributed by atoms with Gasteiger partial charge in [-0.1, -0.05) is 32.0 Å². The Bertz CT molecular complexity index is 1020. The summed E-state index contributed by atoms with van der Waals surface area (Å²) in [6.07, 6.45) is -8.38. The molecule has 1 saturated carbocycles. The molecule has 35 heavy (non-hydrogen) atoms. The standard InChI is InChI=1S/C25H27F7N2O/c1-15(2)23(8-7-20(12-23)33-14-17-5-3-4-6-21(17)26)22(35)34-13-16-9-18(24(27,28)29)11-19(10-16)25(30,31)32/h3-6,9-11,15,20,33H,7-8,12-14H2,1-2H3,(H,34,35)/t20-,23+/m1/s1. The number of hydrogen-bond donors (Lipinski definition) is 2. The summed E-state index contributed by atoms with van der Waals surface area (Å²) < 4.78 is 92.6. The molecule has 2 aromatic rings. The monoisotopic (exact) mass is 504 g/mol. The Kier molecular flexibility index (Phi) is 7.83. The summed E-state index contributed by atoms with van der Waals surface area (Å²) in [5.74, 6) is -0.895. The van der Waals surface area contributed by atoms with E-state index in [1.54, 1.807) is 18.2 Å². The number of nitrogens with one attached hydrogen (secondary N) is 2. The molecular formula is C25H27F7N2O. The van der Waals surface area contributed by atoms with Crippen LogP contribution < -0.4 is 10.6 Å². The summed E-state index contributed by atoms with van der Waals surface area (Å²) in [4.78, 5) is 13.2. The van der Waals surface area contributed by atoms with Crippen molar-refractivity contribution >= 4 is 5.91 Å². The third-order valence-corrected chi connectivity index (χ3v) is 6.75. The van der Waals surface area contributed by atoms with Gasteiger partial charge in [-0.15, -0.1) is 0 Å². The first-order valence-electron chi connectivity index (χ1n) is 11.3. The number of rotatable bonds is 7. The van der Waals surface area contributed by atoms with Crippen molar-refractivity contribution < 1.29 is 35.5 Å². The van der Waals surface area contributed by atoms with Crippen LogP contribution >= 0.6 is 0 Å². The predicted molar refractivity (Wildman–Crippen MR) is 116 cm³/mol. The molecule has 0 aliphatic heterocycles. The van der Waals surface area contributed by atoms with Gasteiger partial charge < -0.3 is 10.6 Å². The van der Waals surface area contributed by atoms with E-state index < -0.39 is 41.3 Å². The second kappa shape index (κ2) is 10.2. The molecule has 0 saturated heterocycles. The third-order valence-electron chi connectivity index (χ3n) is 6.75. The van der Waals surface area contributed by atoms with E-state index in [-0.39, 0.29) is 36.0 Å². The molecule has 0 radical (unpaired) electrons. The summed E-state index contributed by atoms with van der Waals surface area (Å²) in [7, 11) is 0. The predicted octanol–water partition coefficient (Wildman–Crippen LogP) is 6.46. The molecule has 2 aromatic carbocycles.